The zero-order valence-corrected chi connectivity index (χ0v) is 24.5. The van der Waals surface area contributed by atoms with E-state index in [0.717, 1.165) is 0 Å². The molecule has 1 aromatic rings. The summed E-state index contributed by atoms with van der Waals surface area (Å²) in [6, 6.07) is 11.3. The summed E-state index contributed by atoms with van der Waals surface area (Å²) in [5.74, 6) is 0. The predicted octanol–water partition coefficient (Wildman–Crippen LogP) is 8.48. The second-order valence-corrected chi connectivity index (χ2v) is 23.6. The molecule has 0 aromatic heterocycles. The summed E-state index contributed by atoms with van der Waals surface area (Å²) in [7, 11) is -0.235. The van der Waals surface area contributed by atoms with Gasteiger partial charge in [-0.15, -0.1) is 0 Å². The average molecular weight is 533 g/mol. The van der Waals surface area contributed by atoms with Gasteiger partial charge in [0.05, 0.1) is 0 Å². The van der Waals surface area contributed by atoms with Gasteiger partial charge >= 0.3 is 198 Å². The van der Waals surface area contributed by atoms with E-state index < -0.39 is 18.4 Å². The first-order valence-corrected chi connectivity index (χ1v) is 20.2. The molecule has 0 aliphatic carbocycles. The Labute approximate surface area is 197 Å². The van der Waals surface area contributed by atoms with Gasteiger partial charge in [0.2, 0.25) is 0 Å². The summed E-state index contributed by atoms with van der Waals surface area (Å²) in [5.41, 5.74) is 2.21. The summed E-state index contributed by atoms with van der Waals surface area (Å²) >= 11 is -2.71. The van der Waals surface area contributed by atoms with Crippen LogP contribution in [0.4, 0.5) is 0 Å². The third-order valence-corrected chi connectivity index (χ3v) is 23.8. The molecule has 1 aliphatic heterocycles. The molecule has 31 heavy (non-hydrogen) atoms. The average Bonchev–Trinajstić information content (AvgIpc) is 2.96. The van der Waals surface area contributed by atoms with Crippen LogP contribution in [0.3, 0.4) is 0 Å². The van der Waals surface area contributed by atoms with Gasteiger partial charge in [0.15, 0.2) is 0 Å². The second-order valence-electron chi connectivity index (χ2n) is 10.6. The van der Waals surface area contributed by atoms with E-state index in [4.69, 9.17) is 9.31 Å². The third-order valence-electron chi connectivity index (χ3n) is 7.62. The van der Waals surface area contributed by atoms with Gasteiger partial charge in [0, 0.05) is 0 Å². The zero-order valence-electron chi connectivity index (χ0n) is 21.6. The van der Waals surface area contributed by atoms with Gasteiger partial charge in [0.1, 0.15) is 0 Å². The van der Waals surface area contributed by atoms with Crippen LogP contribution in [0, 0.1) is 0 Å². The Morgan fingerprint density at radius 2 is 1.19 bits per heavy atom. The normalized spacial score (nSPS) is 18.9. The van der Waals surface area contributed by atoms with Gasteiger partial charge in [-0.1, -0.05) is 0 Å². The third kappa shape index (κ3) is 6.41. The fraction of sp³-hybridized carbons (Fsp3) is 0.704. The van der Waals surface area contributed by atoms with E-state index in [0.29, 0.717) is 0 Å². The minimum absolute atomic E-state index is 0.235. The van der Waals surface area contributed by atoms with Crippen LogP contribution >= 0.6 is 0 Å². The molecule has 0 amide bonds. The Morgan fingerprint density at radius 3 is 1.58 bits per heavy atom. The van der Waals surface area contributed by atoms with Gasteiger partial charge in [0.25, 0.3) is 0 Å². The molecule has 0 N–H and O–H groups in total. The van der Waals surface area contributed by atoms with Crippen molar-refractivity contribution in [1.29, 1.82) is 0 Å². The van der Waals surface area contributed by atoms with Gasteiger partial charge < -0.3 is 0 Å². The Balaban J connectivity index is 2.67. The van der Waals surface area contributed by atoms with Crippen LogP contribution in [-0.2, 0) is 9.31 Å². The fourth-order valence-corrected chi connectivity index (χ4v) is 23.0. The molecule has 0 unspecified atom stereocenters. The van der Waals surface area contributed by atoms with Crippen LogP contribution in [0.2, 0.25) is 13.3 Å². The van der Waals surface area contributed by atoms with E-state index in [1.165, 1.54) is 62.9 Å². The molecule has 174 valence electrons. The van der Waals surface area contributed by atoms with Gasteiger partial charge in [-0.3, -0.25) is 0 Å². The standard InChI is InChI=1S/C15H20BO2.3C4H9.Sn/c1-12(11-13-9-7-6-8-10-13)16-17-14(2,3)15(4,5)18-16;3*1-3-4-2;/h6-10H,1-5H3;3*1,3-4H2,2H3;. The van der Waals surface area contributed by atoms with Crippen LogP contribution in [0.1, 0.15) is 99.5 Å². The van der Waals surface area contributed by atoms with Gasteiger partial charge in [-0.05, 0) is 0 Å². The fourth-order valence-electron chi connectivity index (χ4n) is 4.99. The Kier molecular flexibility index (Phi) is 10.2. The number of hydrogen-bond donors (Lipinski definition) is 0. The molecule has 1 saturated heterocycles. The molecule has 1 heterocycles. The topological polar surface area (TPSA) is 18.5 Å². The molecule has 1 fully saturated rings. The molecule has 0 spiro atoms. The maximum absolute atomic E-state index is 6.59. The Bertz CT molecular complexity index is 673. The quantitative estimate of drug-likeness (QED) is 0.251. The first kappa shape index (κ1) is 27.0. The molecule has 2 nitrogen and oxygen atoms in total. The molecular formula is C27H47BO2Sn. The minimum atomic E-state index is -2.71. The van der Waals surface area contributed by atoms with E-state index in [2.05, 4.69) is 85.7 Å². The summed E-state index contributed by atoms with van der Waals surface area (Å²) < 4.78 is 19.2. The number of hydrogen-bond acceptors (Lipinski definition) is 2. The van der Waals surface area contributed by atoms with Crippen molar-refractivity contribution in [2.24, 2.45) is 0 Å². The molecule has 1 aromatic carbocycles. The van der Waals surface area contributed by atoms with Crippen molar-refractivity contribution in [3.63, 3.8) is 0 Å². The number of rotatable bonds is 12. The van der Waals surface area contributed by atoms with Crippen LogP contribution < -0.4 is 0 Å². The molecule has 2 rings (SSSR count). The Hall–Kier alpha value is -0.256. The van der Waals surface area contributed by atoms with Crippen molar-refractivity contribution in [3.8, 4) is 0 Å². The summed E-state index contributed by atoms with van der Waals surface area (Å²) in [6.45, 7) is 18.1. The van der Waals surface area contributed by atoms with E-state index in [9.17, 15) is 0 Å². The van der Waals surface area contributed by atoms with Crippen molar-refractivity contribution in [3.05, 3.63) is 41.4 Å². The first-order valence-electron chi connectivity index (χ1n) is 12.8. The maximum atomic E-state index is 6.59. The molecule has 1 aliphatic rings. The summed E-state index contributed by atoms with van der Waals surface area (Å²) in [4.78, 5) is 0. The van der Waals surface area contributed by atoms with Gasteiger partial charge in [-0.25, -0.2) is 0 Å². The number of unbranched alkanes of at least 4 members (excludes halogenated alkanes) is 3. The molecule has 0 saturated carbocycles. The van der Waals surface area contributed by atoms with Crippen LogP contribution in [-0.4, -0.2) is 36.7 Å². The molecular weight excluding hydrogens is 486 g/mol. The zero-order chi connectivity index (χ0) is 23.1. The van der Waals surface area contributed by atoms with Crippen LogP contribution in [0.15, 0.2) is 35.8 Å². The van der Waals surface area contributed by atoms with E-state index in [1.807, 2.05) is 0 Å². The summed E-state index contributed by atoms with van der Waals surface area (Å²) in [5, 5.41) is 0. The van der Waals surface area contributed by atoms with E-state index in [-0.39, 0.29) is 18.3 Å². The second kappa shape index (κ2) is 11.7. The monoisotopic (exact) mass is 534 g/mol. The molecule has 0 atom stereocenters. The van der Waals surface area contributed by atoms with Gasteiger partial charge in [-0.2, -0.15) is 0 Å². The van der Waals surface area contributed by atoms with E-state index >= 15 is 0 Å². The van der Waals surface area contributed by atoms with Crippen molar-refractivity contribution >= 4 is 29.1 Å². The first-order chi connectivity index (χ1) is 14.6. The molecule has 0 radical (unpaired) electrons. The van der Waals surface area contributed by atoms with Crippen molar-refractivity contribution < 1.29 is 9.31 Å². The predicted molar refractivity (Wildman–Crippen MR) is 140 cm³/mol. The van der Waals surface area contributed by atoms with Crippen molar-refractivity contribution in [2.75, 3.05) is 0 Å². The SMILES string of the molecule is CCC[CH2][Sn]([CH2]CCC)([CH2]CCC)/[C](=C(/C)B1OC(C)(C)C(C)(C)O1)c1ccccc1. The number of allylic oxidation sites excluding steroid dienone is 1. The molecule has 0 bridgehead atoms. The van der Waals surface area contributed by atoms with Crippen LogP contribution in [0.25, 0.3) is 3.59 Å². The van der Waals surface area contributed by atoms with Crippen molar-refractivity contribution in [2.45, 2.75) is 118 Å². The Morgan fingerprint density at radius 1 is 0.774 bits per heavy atom. The van der Waals surface area contributed by atoms with E-state index in [1.54, 1.807) is 3.59 Å². The van der Waals surface area contributed by atoms with Crippen LogP contribution in [0.5, 0.6) is 0 Å². The van der Waals surface area contributed by atoms with Crippen molar-refractivity contribution in [1.82, 2.24) is 0 Å². The number of benzene rings is 1. The summed E-state index contributed by atoms with van der Waals surface area (Å²) in [6.07, 6.45) is 7.93. The molecule has 4 heteroatoms.